The van der Waals surface area contributed by atoms with Crippen LogP contribution in [0, 0.1) is 0 Å². The molecular weight excluding hydrogens is 759 g/mol. The average molecular weight is 796 g/mol. The number of hydrogen-bond donors (Lipinski definition) is 0. The van der Waals surface area contributed by atoms with Crippen molar-refractivity contribution >= 4 is 81.3 Å². The third-order valence-corrected chi connectivity index (χ3v) is 13.3. The number of nitrogens with zero attached hydrogens (tertiary/aromatic N) is 1. The van der Waals surface area contributed by atoms with E-state index in [1.54, 1.807) is 0 Å². The zero-order valence-corrected chi connectivity index (χ0v) is 33.9. The zero-order chi connectivity index (χ0) is 40.3. The van der Waals surface area contributed by atoms with Crippen molar-refractivity contribution in [3.8, 4) is 44.5 Å². The van der Waals surface area contributed by atoms with Crippen molar-refractivity contribution in [2.75, 3.05) is 4.90 Å². The maximum atomic E-state index is 7.00. The quantitative estimate of drug-likeness (QED) is 0.160. The zero-order valence-electron chi connectivity index (χ0n) is 33.1. The summed E-state index contributed by atoms with van der Waals surface area (Å²) in [4.78, 5) is 2.42. The molecule has 0 atom stereocenters. The SMILES string of the molecule is c1ccc(-c2ccc3c(c2)oc2c(N(c4ccc(-c5ccc6ccccc6c5)cc4)c4ccc(-c5ccccc5)c5sc6cc(-c7ccccc7)ccc6c45)cccc23)cc1. The Bertz CT molecular complexity index is 3570. The lowest BCUT2D eigenvalue weighted by Crippen LogP contribution is -2.10. The fourth-order valence-electron chi connectivity index (χ4n) is 9.05. The highest BCUT2D eigenvalue weighted by Crippen LogP contribution is 2.51. The minimum atomic E-state index is 0.854. The van der Waals surface area contributed by atoms with Gasteiger partial charge in [-0.3, -0.25) is 0 Å². The van der Waals surface area contributed by atoms with Crippen LogP contribution in [0.5, 0.6) is 0 Å². The second-order valence-electron chi connectivity index (χ2n) is 15.7. The van der Waals surface area contributed by atoms with Crippen LogP contribution >= 0.6 is 11.3 Å². The van der Waals surface area contributed by atoms with Gasteiger partial charge in [-0.1, -0.05) is 176 Å². The van der Waals surface area contributed by atoms with Gasteiger partial charge in [-0.2, -0.15) is 0 Å². The molecule has 286 valence electrons. The van der Waals surface area contributed by atoms with Crippen LogP contribution in [0.25, 0.3) is 97.4 Å². The van der Waals surface area contributed by atoms with E-state index in [0.29, 0.717) is 0 Å². The lowest BCUT2D eigenvalue weighted by Gasteiger charge is -2.27. The minimum Gasteiger partial charge on any atom is -0.454 e. The summed E-state index contributed by atoms with van der Waals surface area (Å²) < 4.78 is 9.51. The summed E-state index contributed by atoms with van der Waals surface area (Å²) in [6, 6.07) is 81.0. The molecule has 0 amide bonds. The highest BCUT2D eigenvalue weighted by Gasteiger charge is 2.24. The van der Waals surface area contributed by atoms with Crippen LogP contribution in [0.1, 0.15) is 0 Å². The molecule has 0 unspecified atom stereocenters. The van der Waals surface area contributed by atoms with Gasteiger partial charge in [0.15, 0.2) is 5.58 Å². The van der Waals surface area contributed by atoms with E-state index in [0.717, 1.165) is 44.6 Å². The molecular formula is C58H37NOS. The number of rotatable bonds is 7. The number of anilines is 3. The van der Waals surface area contributed by atoms with E-state index in [-0.39, 0.29) is 0 Å². The molecule has 0 saturated heterocycles. The third kappa shape index (κ3) is 6.09. The van der Waals surface area contributed by atoms with Gasteiger partial charge in [0.1, 0.15) is 5.58 Å². The molecule has 2 aromatic heterocycles. The van der Waals surface area contributed by atoms with Crippen LogP contribution in [0.2, 0.25) is 0 Å². The molecule has 2 nitrogen and oxygen atoms in total. The summed E-state index contributed by atoms with van der Waals surface area (Å²) in [7, 11) is 0. The van der Waals surface area contributed by atoms with E-state index in [9.17, 15) is 0 Å². The van der Waals surface area contributed by atoms with Crippen molar-refractivity contribution in [1.82, 2.24) is 0 Å². The van der Waals surface area contributed by atoms with E-state index in [1.165, 1.54) is 69.9 Å². The summed E-state index contributed by atoms with van der Waals surface area (Å²) in [6.45, 7) is 0. The van der Waals surface area contributed by atoms with Gasteiger partial charge in [-0.15, -0.1) is 11.3 Å². The molecule has 12 rings (SSSR count). The van der Waals surface area contributed by atoms with Gasteiger partial charge in [-0.25, -0.2) is 0 Å². The summed E-state index contributed by atoms with van der Waals surface area (Å²) in [5, 5.41) is 7.12. The number of para-hydroxylation sites is 1. The lowest BCUT2D eigenvalue weighted by atomic mass is 9.98. The predicted molar refractivity (Wildman–Crippen MR) is 261 cm³/mol. The number of thiophene rings is 1. The van der Waals surface area contributed by atoms with Crippen molar-refractivity contribution in [3.05, 3.63) is 224 Å². The first-order valence-electron chi connectivity index (χ1n) is 20.7. The molecule has 61 heavy (non-hydrogen) atoms. The molecule has 0 fully saturated rings. The van der Waals surface area contributed by atoms with Gasteiger partial charge < -0.3 is 9.32 Å². The van der Waals surface area contributed by atoms with E-state index >= 15 is 0 Å². The van der Waals surface area contributed by atoms with Crippen LogP contribution in [-0.2, 0) is 0 Å². The van der Waals surface area contributed by atoms with E-state index in [1.807, 2.05) is 11.3 Å². The molecule has 0 bridgehead atoms. The molecule has 3 heteroatoms. The fourth-order valence-corrected chi connectivity index (χ4v) is 10.4. The van der Waals surface area contributed by atoms with E-state index < -0.39 is 0 Å². The number of furan rings is 1. The van der Waals surface area contributed by atoms with Crippen molar-refractivity contribution in [3.63, 3.8) is 0 Å². The van der Waals surface area contributed by atoms with Crippen molar-refractivity contribution in [1.29, 1.82) is 0 Å². The van der Waals surface area contributed by atoms with Gasteiger partial charge >= 0.3 is 0 Å². The molecule has 10 aromatic carbocycles. The Labute approximate surface area is 357 Å². The Morgan fingerprint density at radius 2 is 0.951 bits per heavy atom. The first kappa shape index (κ1) is 35.2. The summed E-state index contributed by atoms with van der Waals surface area (Å²) in [5.41, 5.74) is 14.4. The first-order valence-corrected chi connectivity index (χ1v) is 21.6. The largest absolute Gasteiger partial charge is 0.454 e. The van der Waals surface area contributed by atoms with Gasteiger partial charge in [0.05, 0.1) is 11.4 Å². The highest BCUT2D eigenvalue weighted by molar-refractivity contribution is 7.26. The Kier molecular flexibility index (Phi) is 8.39. The van der Waals surface area contributed by atoms with Crippen molar-refractivity contribution in [2.45, 2.75) is 0 Å². The van der Waals surface area contributed by atoms with Crippen molar-refractivity contribution in [2.24, 2.45) is 0 Å². The monoisotopic (exact) mass is 795 g/mol. The molecule has 0 spiro atoms. The normalized spacial score (nSPS) is 11.6. The second-order valence-corrected chi connectivity index (χ2v) is 16.7. The molecule has 12 aromatic rings. The van der Waals surface area contributed by atoms with Gasteiger partial charge in [-0.05, 0) is 104 Å². The molecule has 0 saturated carbocycles. The first-order chi connectivity index (χ1) is 30.2. The molecule has 0 radical (unpaired) electrons. The van der Waals surface area contributed by atoms with Gasteiger partial charge in [0.25, 0.3) is 0 Å². The van der Waals surface area contributed by atoms with Gasteiger partial charge in [0, 0.05) is 36.6 Å². The fraction of sp³-hybridized carbons (Fsp3) is 0. The number of fused-ring (bicyclic) bond motifs is 7. The third-order valence-electron chi connectivity index (χ3n) is 12.1. The van der Waals surface area contributed by atoms with Crippen LogP contribution in [0.3, 0.4) is 0 Å². The minimum absolute atomic E-state index is 0.854. The maximum absolute atomic E-state index is 7.00. The van der Waals surface area contributed by atoms with E-state index in [2.05, 4.69) is 229 Å². The molecule has 0 aliphatic heterocycles. The van der Waals surface area contributed by atoms with Crippen LogP contribution < -0.4 is 4.90 Å². The summed E-state index contributed by atoms with van der Waals surface area (Å²) >= 11 is 1.87. The molecule has 0 aliphatic rings. The Morgan fingerprint density at radius 3 is 1.69 bits per heavy atom. The van der Waals surface area contributed by atoms with Crippen LogP contribution in [0.4, 0.5) is 17.1 Å². The Morgan fingerprint density at radius 1 is 0.361 bits per heavy atom. The molecule has 2 heterocycles. The van der Waals surface area contributed by atoms with Crippen LogP contribution in [-0.4, -0.2) is 0 Å². The summed E-state index contributed by atoms with van der Waals surface area (Å²) in [5.74, 6) is 0. The maximum Gasteiger partial charge on any atom is 0.159 e. The number of hydrogen-bond acceptors (Lipinski definition) is 3. The topological polar surface area (TPSA) is 16.4 Å². The van der Waals surface area contributed by atoms with E-state index in [4.69, 9.17) is 4.42 Å². The van der Waals surface area contributed by atoms with Gasteiger partial charge in [0.2, 0.25) is 0 Å². The molecule has 0 N–H and O–H groups in total. The summed E-state index contributed by atoms with van der Waals surface area (Å²) in [6.07, 6.45) is 0. The second kappa shape index (κ2) is 14.5. The Hall–Kier alpha value is -7.72. The standard InChI is InChI=1S/C58H37NOS/c1-4-13-38(14-5-1)45-27-31-49-50-21-12-22-53(57(50)60-54(49)36-45)59(47-29-25-41(26-30-47)44-24-23-40-17-10-11-20-43(40)35-44)52-34-33-48(42-18-8-3-9-19-42)58-56(52)51-32-28-46(37-55(51)61-58)39-15-6-2-7-16-39/h1-37H. The molecule has 0 aliphatic carbocycles. The van der Waals surface area contributed by atoms with Crippen LogP contribution in [0.15, 0.2) is 229 Å². The number of benzene rings is 10. The Balaban J connectivity index is 1.10. The lowest BCUT2D eigenvalue weighted by molar-refractivity contribution is 0.669. The van der Waals surface area contributed by atoms with Crippen molar-refractivity contribution < 1.29 is 4.42 Å². The smallest absolute Gasteiger partial charge is 0.159 e. The highest BCUT2D eigenvalue weighted by atomic mass is 32.1. The average Bonchev–Trinajstić information content (AvgIpc) is 3.91. The predicted octanol–water partition coefficient (Wildman–Crippen LogP) is 17.2.